The second kappa shape index (κ2) is 9.06. The van der Waals surface area contributed by atoms with Crippen LogP contribution in [0.5, 0.6) is 11.5 Å². The van der Waals surface area contributed by atoms with Gasteiger partial charge in [0.1, 0.15) is 17.1 Å². The topological polar surface area (TPSA) is 78.3 Å². The van der Waals surface area contributed by atoms with Crippen molar-refractivity contribution in [1.29, 1.82) is 0 Å². The predicted molar refractivity (Wildman–Crippen MR) is 139 cm³/mol. The van der Waals surface area contributed by atoms with Crippen LogP contribution in [0.1, 0.15) is 57.6 Å². The van der Waals surface area contributed by atoms with Crippen LogP contribution in [-0.2, 0) is 17.2 Å². The Bertz CT molecular complexity index is 1380. The molecule has 2 heterocycles. The van der Waals surface area contributed by atoms with E-state index in [-0.39, 0.29) is 11.1 Å². The molecule has 182 valence electrons. The van der Waals surface area contributed by atoms with Crippen LogP contribution in [0.25, 0.3) is 11.0 Å². The monoisotopic (exact) mass is 472 g/mol. The van der Waals surface area contributed by atoms with Crippen LogP contribution in [0.2, 0.25) is 0 Å². The van der Waals surface area contributed by atoms with Crippen LogP contribution in [0.4, 0.5) is 11.6 Å². The fraction of sp³-hybridized carbons (Fsp3) is 0.321. The Morgan fingerprint density at radius 3 is 2.40 bits per heavy atom. The maximum atomic E-state index is 12.3. The molecule has 7 heteroatoms. The van der Waals surface area contributed by atoms with Gasteiger partial charge in [-0.2, -0.15) is 0 Å². The summed E-state index contributed by atoms with van der Waals surface area (Å²) in [5, 5.41) is 3.43. The Morgan fingerprint density at radius 1 is 0.943 bits per heavy atom. The number of esters is 1. The van der Waals surface area contributed by atoms with Gasteiger partial charge >= 0.3 is 5.97 Å². The summed E-state index contributed by atoms with van der Waals surface area (Å²) in [4.78, 5) is 21.2. The van der Waals surface area contributed by atoms with Crippen molar-refractivity contribution < 1.29 is 14.3 Å². The van der Waals surface area contributed by atoms with Gasteiger partial charge in [-0.05, 0) is 62.1 Å². The molecule has 4 aromatic rings. The minimum absolute atomic E-state index is 0.0621. The van der Waals surface area contributed by atoms with Gasteiger partial charge in [0, 0.05) is 31.1 Å². The number of nitrogens with one attached hydrogen (secondary N) is 1. The number of carbonyl (C=O) groups excluding carboxylic acids is 1. The molecule has 0 aliphatic heterocycles. The maximum absolute atomic E-state index is 12.3. The Kier molecular flexibility index (Phi) is 6.28. The van der Waals surface area contributed by atoms with E-state index < -0.39 is 11.6 Å². The van der Waals surface area contributed by atoms with Crippen molar-refractivity contribution >= 4 is 28.6 Å². The van der Waals surface area contributed by atoms with Gasteiger partial charge in [-0.1, -0.05) is 32.9 Å². The van der Waals surface area contributed by atoms with E-state index in [2.05, 4.69) is 49.3 Å². The summed E-state index contributed by atoms with van der Waals surface area (Å²) >= 11 is 0. The molecule has 4 rings (SSSR count). The molecular weight excluding hydrogens is 440 g/mol. The average molecular weight is 473 g/mol. The van der Waals surface area contributed by atoms with Crippen molar-refractivity contribution in [2.45, 2.75) is 52.6 Å². The van der Waals surface area contributed by atoms with Crippen molar-refractivity contribution in [1.82, 2.24) is 14.5 Å². The normalized spacial score (nSPS) is 12.0. The van der Waals surface area contributed by atoms with Crippen molar-refractivity contribution in [3.63, 3.8) is 0 Å². The maximum Gasteiger partial charge on any atom is 0.357 e. The van der Waals surface area contributed by atoms with E-state index in [1.807, 2.05) is 56.7 Å². The van der Waals surface area contributed by atoms with Crippen LogP contribution in [0, 0.1) is 0 Å². The molecule has 0 radical (unpaired) electrons. The highest BCUT2D eigenvalue weighted by atomic mass is 16.6. The summed E-state index contributed by atoms with van der Waals surface area (Å²) in [5.41, 5.74) is 3.66. The molecule has 0 fully saturated rings. The standard InChI is InChI=1S/C28H32N4O3/c1-27(2,3)18-9-8-10-19(15-18)30-26-31-22-16-20(11-12-24(22)32(26)7)34-21-13-14-29-23(17-21)25(33)35-28(4,5)6/h8-17H,1-7H3,(H,30,31). The number of aryl methyl sites for hydroxylation is 1. The highest BCUT2D eigenvalue weighted by Crippen LogP contribution is 2.30. The number of rotatable bonds is 5. The lowest BCUT2D eigenvalue weighted by Crippen LogP contribution is -2.24. The van der Waals surface area contributed by atoms with E-state index in [9.17, 15) is 4.79 Å². The molecule has 0 atom stereocenters. The number of ether oxygens (including phenoxy) is 2. The minimum atomic E-state index is -0.598. The van der Waals surface area contributed by atoms with E-state index in [1.54, 1.807) is 12.1 Å². The van der Waals surface area contributed by atoms with Gasteiger partial charge in [-0.25, -0.2) is 14.8 Å². The molecular formula is C28H32N4O3. The summed E-state index contributed by atoms with van der Waals surface area (Å²) in [7, 11) is 1.97. The summed E-state index contributed by atoms with van der Waals surface area (Å²) in [5.74, 6) is 1.35. The zero-order valence-electron chi connectivity index (χ0n) is 21.3. The van der Waals surface area contributed by atoms with E-state index in [0.717, 1.165) is 22.7 Å². The first kappa shape index (κ1) is 24.3. The summed E-state index contributed by atoms with van der Waals surface area (Å²) in [6.07, 6.45) is 1.53. The first-order valence-corrected chi connectivity index (χ1v) is 11.6. The number of anilines is 2. The Hall–Kier alpha value is -3.87. The molecule has 2 aromatic heterocycles. The summed E-state index contributed by atoms with van der Waals surface area (Å²) < 4.78 is 13.4. The fourth-order valence-electron chi connectivity index (χ4n) is 3.60. The molecule has 0 aliphatic rings. The van der Waals surface area contributed by atoms with E-state index in [1.165, 1.54) is 11.8 Å². The molecule has 35 heavy (non-hydrogen) atoms. The molecule has 7 nitrogen and oxygen atoms in total. The van der Waals surface area contributed by atoms with Crippen molar-refractivity contribution in [3.8, 4) is 11.5 Å². The molecule has 0 spiro atoms. The molecule has 0 bridgehead atoms. The molecule has 0 saturated carbocycles. The van der Waals surface area contributed by atoms with Gasteiger partial charge in [0.2, 0.25) is 5.95 Å². The number of fused-ring (bicyclic) bond motifs is 1. The summed E-state index contributed by atoms with van der Waals surface area (Å²) in [6, 6.07) is 17.4. The molecule has 0 unspecified atom stereocenters. The highest BCUT2D eigenvalue weighted by Gasteiger charge is 2.19. The first-order valence-electron chi connectivity index (χ1n) is 11.6. The number of benzene rings is 2. The zero-order chi connectivity index (χ0) is 25.4. The molecule has 1 N–H and O–H groups in total. The minimum Gasteiger partial charge on any atom is -0.457 e. The first-order chi connectivity index (χ1) is 16.4. The van der Waals surface area contributed by atoms with Gasteiger partial charge in [0.05, 0.1) is 11.0 Å². The predicted octanol–water partition coefficient (Wildman–Crippen LogP) is 6.76. The van der Waals surface area contributed by atoms with Gasteiger partial charge in [-0.15, -0.1) is 0 Å². The Labute approximate surface area is 206 Å². The van der Waals surface area contributed by atoms with Gasteiger partial charge in [0.15, 0.2) is 5.69 Å². The summed E-state index contributed by atoms with van der Waals surface area (Å²) in [6.45, 7) is 12.0. The zero-order valence-corrected chi connectivity index (χ0v) is 21.3. The number of pyridine rings is 1. The number of hydrogen-bond donors (Lipinski definition) is 1. The highest BCUT2D eigenvalue weighted by molar-refractivity contribution is 5.88. The quantitative estimate of drug-likeness (QED) is 0.323. The van der Waals surface area contributed by atoms with Crippen molar-refractivity contribution in [2.24, 2.45) is 7.05 Å². The third kappa shape index (κ3) is 5.80. The van der Waals surface area contributed by atoms with E-state index in [0.29, 0.717) is 11.5 Å². The van der Waals surface area contributed by atoms with E-state index in [4.69, 9.17) is 14.5 Å². The van der Waals surface area contributed by atoms with Crippen LogP contribution in [-0.4, -0.2) is 26.1 Å². The molecule has 0 amide bonds. The largest absolute Gasteiger partial charge is 0.457 e. The van der Waals surface area contributed by atoms with Crippen molar-refractivity contribution in [3.05, 3.63) is 72.1 Å². The lowest BCUT2D eigenvalue weighted by molar-refractivity contribution is 0.00624. The number of aromatic nitrogens is 3. The molecule has 0 saturated heterocycles. The number of nitrogens with zero attached hydrogens (tertiary/aromatic N) is 3. The van der Waals surface area contributed by atoms with Gasteiger partial charge in [0.25, 0.3) is 0 Å². The van der Waals surface area contributed by atoms with Gasteiger partial charge in [-0.3, -0.25) is 0 Å². The second-order valence-electron chi connectivity index (χ2n) is 10.6. The fourth-order valence-corrected chi connectivity index (χ4v) is 3.60. The molecule has 0 aliphatic carbocycles. The number of hydrogen-bond acceptors (Lipinski definition) is 6. The Morgan fingerprint density at radius 2 is 1.69 bits per heavy atom. The van der Waals surface area contributed by atoms with Crippen LogP contribution >= 0.6 is 0 Å². The van der Waals surface area contributed by atoms with Crippen LogP contribution in [0.3, 0.4) is 0 Å². The van der Waals surface area contributed by atoms with Crippen LogP contribution < -0.4 is 10.1 Å². The van der Waals surface area contributed by atoms with Gasteiger partial charge < -0.3 is 19.4 Å². The number of imidazole rings is 1. The van der Waals surface area contributed by atoms with Crippen LogP contribution in [0.15, 0.2) is 60.8 Å². The Balaban J connectivity index is 1.56. The average Bonchev–Trinajstić information content (AvgIpc) is 3.07. The number of carbonyl (C=O) groups is 1. The lowest BCUT2D eigenvalue weighted by Gasteiger charge is -2.20. The van der Waals surface area contributed by atoms with E-state index >= 15 is 0 Å². The smallest absolute Gasteiger partial charge is 0.357 e. The lowest BCUT2D eigenvalue weighted by atomic mass is 9.87. The molecule has 2 aromatic carbocycles. The third-order valence-electron chi connectivity index (χ3n) is 5.41. The SMILES string of the molecule is Cn1c(Nc2cccc(C(C)(C)C)c2)nc2cc(Oc3ccnc(C(=O)OC(C)(C)C)c3)ccc21. The third-order valence-corrected chi connectivity index (χ3v) is 5.41. The van der Waals surface area contributed by atoms with Crippen molar-refractivity contribution in [2.75, 3.05) is 5.32 Å². The second-order valence-corrected chi connectivity index (χ2v) is 10.6.